The van der Waals surface area contributed by atoms with Crippen molar-refractivity contribution in [3.05, 3.63) is 77.3 Å². The Kier molecular flexibility index (Phi) is 3.87. The Balaban J connectivity index is 2.27. The average Bonchev–Trinajstić information content (AvgIpc) is 3.36. The molecule has 5 nitrogen and oxygen atoms in total. The minimum atomic E-state index is -1.42. The molecule has 120 valence electrons. The van der Waals surface area contributed by atoms with E-state index in [4.69, 9.17) is 10.3 Å². The molecule has 1 saturated carbocycles. The summed E-state index contributed by atoms with van der Waals surface area (Å²) >= 11 is 0. The monoisotopic (exact) mass is 320 g/mol. The number of esters is 1. The second-order valence-electron chi connectivity index (χ2n) is 5.82. The van der Waals surface area contributed by atoms with Gasteiger partial charge >= 0.3 is 12.2 Å². The Labute approximate surface area is 139 Å². The number of carbonyl (C=O) groups is 2. The van der Waals surface area contributed by atoms with E-state index in [-0.39, 0.29) is 6.42 Å². The molecule has 0 heterocycles. The molecule has 2 aromatic rings. The molecule has 1 aliphatic rings. The van der Waals surface area contributed by atoms with Gasteiger partial charge in [0, 0.05) is 5.41 Å². The number of hydrogen-bond donors (Lipinski definition) is 0. The van der Waals surface area contributed by atoms with E-state index in [1.54, 1.807) is 0 Å². The fourth-order valence-corrected chi connectivity index (χ4v) is 3.64. The van der Waals surface area contributed by atoms with Gasteiger partial charge in [-0.2, -0.15) is 4.79 Å². The number of hydrogen-bond acceptors (Lipinski definition) is 3. The molecule has 0 N–H and O–H groups in total. The van der Waals surface area contributed by atoms with E-state index < -0.39 is 22.6 Å². The van der Waals surface area contributed by atoms with Crippen LogP contribution in [0.1, 0.15) is 17.5 Å². The zero-order valence-electron chi connectivity index (χ0n) is 13.2. The van der Waals surface area contributed by atoms with Gasteiger partial charge in [-0.25, -0.2) is 0 Å². The highest BCUT2D eigenvalue weighted by molar-refractivity contribution is 6.35. The van der Waals surface area contributed by atoms with Crippen LogP contribution in [-0.2, 0) is 19.7 Å². The van der Waals surface area contributed by atoms with Crippen molar-refractivity contribution in [3.63, 3.8) is 0 Å². The number of rotatable bonds is 5. The molecule has 0 amide bonds. The number of ketones is 1. The zero-order chi connectivity index (χ0) is 17.2. The van der Waals surface area contributed by atoms with E-state index in [1.165, 1.54) is 7.11 Å². The topological polar surface area (TPSA) is 79.8 Å². The van der Waals surface area contributed by atoms with Gasteiger partial charge in [0.15, 0.2) is 5.41 Å². The molecule has 5 heteroatoms. The Hall–Kier alpha value is -3.04. The molecule has 0 radical (unpaired) electrons. The molecule has 0 aromatic heterocycles. The first-order valence-corrected chi connectivity index (χ1v) is 7.55. The van der Waals surface area contributed by atoms with Gasteiger partial charge < -0.3 is 10.3 Å². The number of benzene rings is 2. The highest BCUT2D eigenvalue weighted by Gasteiger charge is 2.78. The summed E-state index contributed by atoms with van der Waals surface area (Å²) in [7, 11) is 1.26. The lowest BCUT2D eigenvalue weighted by Crippen LogP contribution is -2.36. The summed E-state index contributed by atoms with van der Waals surface area (Å²) in [6.07, 6.45) is 1.05. The van der Waals surface area contributed by atoms with Gasteiger partial charge in [0.2, 0.25) is 0 Å². The largest absolute Gasteiger partial charge is 0.468 e. The van der Waals surface area contributed by atoms with Crippen LogP contribution in [0.25, 0.3) is 5.53 Å². The molecular weight excluding hydrogens is 304 g/mol. The van der Waals surface area contributed by atoms with Gasteiger partial charge in [-0.3, -0.25) is 9.59 Å². The van der Waals surface area contributed by atoms with Crippen molar-refractivity contribution in [2.45, 2.75) is 11.8 Å². The molecule has 1 atom stereocenters. The predicted molar refractivity (Wildman–Crippen MR) is 87.4 cm³/mol. The van der Waals surface area contributed by atoms with Crippen molar-refractivity contribution in [2.24, 2.45) is 5.41 Å². The van der Waals surface area contributed by atoms with E-state index in [0.717, 1.165) is 17.3 Å². The summed E-state index contributed by atoms with van der Waals surface area (Å²) in [6, 6.07) is 18.8. The lowest BCUT2D eigenvalue weighted by molar-refractivity contribution is -0.151. The van der Waals surface area contributed by atoms with Crippen molar-refractivity contribution in [1.29, 1.82) is 0 Å². The van der Waals surface area contributed by atoms with E-state index >= 15 is 0 Å². The zero-order valence-corrected chi connectivity index (χ0v) is 13.2. The summed E-state index contributed by atoms with van der Waals surface area (Å²) < 4.78 is 4.94. The molecular formula is C19H16N2O3. The Morgan fingerprint density at radius 3 is 1.96 bits per heavy atom. The number of Topliss-reactive ketones (excluding diaryl/α,β-unsaturated/α-hetero) is 1. The summed E-state index contributed by atoms with van der Waals surface area (Å²) in [6.45, 7) is 0. The molecule has 2 aromatic carbocycles. The van der Waals surface area contributed by atoms with Gasteiger partial charge in [0.25, 0.3) is 5.78 Å². The van der Waals surface area contributed by atoms with Gasteiger partial charge in [0.1, 0.15) is 0 Å². The molecule has 1 fully saturated rings. The summed E-state index contributed by atoms with van der Waals surface area (Å²) in [5, 5.41) is 0. The van der Waals surface area contributed by atoms with Gasteiger partial charge in [-0.15, -0.1) is 0 Å². The first-order valence-electron chi connectivity index (χ1n) is 7.55. The Morgan fingerprint density at radius 1 is 1.04 bits per heavy atom. The fraction of sp³-hybridized carbons (Fsp3) is 0.211. The van der Waals surface area contributed by atoms with Crippen LogP contribution >= 0.6 is 0 Å². The Bertz CT molecular complexity index is 787. The van der Waals surface area contributed by atoms with E-state index in [9.17, 15) is 9.59 Å². The second kappa shape index (κ2) is 5.87. The number of carbonyl (C=O) groups excluding carboxylic acids is 2. The molecule has 24 heavy (non-hydrogen) atoms. The predicted octanol–water partition coefficient (Wildman–Crippen LogP) is 2.41. The highest BCUT2D eigenvalue weighted by atomic mass is 16.5. The van der Waals surface area contributed by atoms with Crippen molar-refractivity contribution in [1.82, 2.24) is 0 Å². The maximum atomic E-state index is 12.7. The normalized spacial score (nSPS) is 20.5. The average molecular weight is 320 g/mol. The maximum absolute atomic E-state index is 12.7. The SMILES string of the molecule is COC(=O)C1(C(=O)C=[N+]=[N-])CC1(c1ccccc1)c1ccccc1. The molecule has 0 saturated heterocycles. The van der Waals surface area contributed by atoms with Crippen LogP contribution < -0.4 is 0 Å². The molecule has 0 bridgehead atoms. The summed E-state index contributed by atoms with van der Waals surface area (Å²) in [5.41, 5.74) is 8.23. The first kappa shape index (κ1) is 15.8. The third-order valence-corrected chi connectivity index (χ3v) is 4.80. The fourth-order valence-electron chi connectivity index (χ4n) is 3.64. The van der Waals surface area contributed by atoms with E-state index in [0.29, 0.717) is 0 Å². The van der Waals surface area contributed by atoms with Gasteiger partial charge in [-0.05, 0) is 17.5 Å². The van der Waals surface area contributed by atoms with Crippen LogP contribution in [0.15, 0.2) is 60.7 Å². The molecule has 3 rings (SSSR count). The van der Waals surface area contributed by atoms with Crippen molar-refractivity contribution in [3.8, 4) is 0 Å². The van der Waals surface area contributed by atoms with Gasteiger partial charge in [0.05, 0.1) is 7.11 Å². The standard InChI is InChI=1S/C19H16N2O3/c1-24-17(23)19(16(22)12-21-20)13-18(19,14-8-4-2-5-9-14)15-10-6-3-7-11-15/h2-12H,13H2,1H3. The van der Waals surface area contributed by atoms with E-state index in [1.807, 2.05) is 60.7 Å². The van der Waals surface area contributed by atoms with Gasteiger partial charge in [-0.1, -0.05) is 60.7 Å². The van der Waals surface area contributed by atoms with Crippen molar-refractivity contribution in [2.75, 3.05) is 7.11 Å². The van der Waals surface area contributed by atoms with Crippen LogP contribution in [0.3, 0.4) is 0 Å². The summed E-state index contributed by atoms with van der Waals surface area (Å²) in [5.74, 6) is -1.19. The maximum Gasteiger partial charge on any atom is 0.324 e. The molecule has 0 aliphatic heterocycles. The van der Waals surface area contributed by atoms with Crippen LogP contribution in [0, 0.1) is 5.41 Å². The summed E-state index contributed by atoms with van der Waals surface area (Å²) in [4.78, 5) is 28.1. The second-order valence-corrected chi connectivity index (χ2v) is 5.82. The third-order valence-electron chi connectivity index (χ3n) is 4.80. The quantitative estimate of drug-likeness (QED) is 0.279. The van der Waals surface area contributed by atoms with Crippen LogP contribution in [0.5, 0.6) is 0 Å². The minimum absolute atomic E-state index is 0.269. The smallest absolute Gasteiger partial charge is 0.324 e. The van der Waals surface area contributed by atoms with Crippen LogP contribution in [0.4, 0.5) is 0 Å². The lowest BCUT2D eigenvalue weighted by atomic mass is 9.78. The Morgan fingerprint density at radius 2 is 1.54 bits per heavy atom. The van der Waals surface area contributed by atoms with Crippen molar-refractivity contribution >= 4 is 18.0 Å². The highest BCUT2D eigenvalue weighted by Crippen LogP contribution is 2.69. The third kappa shape index (κ3) is 2.02. The number of nitrogens with zero attached hydrogens (tertiary/aromatic N) is 2. The minimum Gasteiger partial charge on any atom is -0.468 e. The molecule has 1 unspecified atom stereocenters. The first-order chi connectivity index (χ1) is 11.6. The van der Waals surface area contributed by atoms with Crippen LogP contribution in [0.2, 0.25) is 0 Å². The van der Waals surface area contributed by atoms with Crippen molar-refractivity contribution < 1.29 is 19.1 Å². The van der Waals surface area contributed by atoms with Crippen LogP contribution in [-0.4, -0.2) is 29.9 Å². The lowest BCUT2D eigenvalue weighted by Gasteiger charge is -2.23. The molecule has 1 aliphatic carbocycles. The van der Waals surface area contributed by atoms with E-state index in [2.05, 4.69) is 4.79 Å². The number of methoxy groups -OCH3 is 1. The molecule has 0 spiro atoms. The number of ether oxygens (including phenoxy) is 1.